The van der Waals surface area contributed by atoms with Crippen LogP contribution in [0.3, 0.4) is 0 Å². The summed E-state index contributed by atoms with van der Waals surface area (Å²) in [5.41, 5.74) is -0.301. The van der Waals surface area contributed by atoms with Crippen molar-refractivity contribution in [3.63, 3.8) is 0 Å². The fourth-order valence-corrected chi connectivity index (χ4v) is 4.33. The van der Waals surface area contributed by atoms with E-state index in [1.54, 1.807) is 11.0 Å². The van der Waals surface area contributed by atoms with E-state index in [1.807, 2.05) is 13.8 Å². The SMILES string of the molecule is CC(C)CC(=O)NCCS(=O)(=O)N1CCN(c2cccc(C(F)(F)F)c2)CC1. The zero-order valence-electron chi connectivity index (χ0n) is 16.0. The Kier molecular flexibility index (Phi) is 7.33. The Morgan fingerprint density at radius 3 is 2.39 bits per heavy atom. The number of anilines is 1. The minimum absolute atomic E-state index is 0.0434. The van der Waals surface area contributed by atoms with E-state index in [2.05, 4.69) is 5.32 Å². The minimum atomic E-state index is -4.42. The summed E-state index contributed by atoms with van der Waals surface area (Å²) < 4.78 is 64.8. The summed E-state index contributed by atoms with van der Waals surface area (Å²) in [6.07, 6.45) is -4.07. The second kappa shape index (κ2) is 9.13. The van der Waals surface area contributed by atoms with Gasteiger partial charge < -0.3 is 10.2 Å². The van der Waals surface area contributed by atoms with Crippen molar-refractivity contribution in [3.05, 3.63) is 29.8 Å². The number of nitrogens with zero attached hydrogens (tertiary/aromatic N) is 2. The average Bonchev–Trinajstić information content (AvgIpc) is 2.60. The first-order valence-electron chi connectivity index (χ1n) is 9.16. The molecule has 1 aliphatic heterocycles. The molecule has 1 aliphatic rings. The van der Waals surface area contributed by atoms with Gasteiger partial charge in [0.05, 0.1) is 11.3 Å². The van der Waals surface area contributed by atoms with Crippen molar-refractivity contribution in [1.29, 1.82) is 0 Å². The number of halogens is 3. The van der Waals surface area contributed by atoms with Crippen molar-refractivity contribution in [2.45, 2.75) is 26.4 Å². The van der Waals surface area contributed by atoms with Crippen LogP contribution in [0.25, 0.3) is 0 Å². The lowest BCUT2D eigenvalue weighted by molar-refractivity contribution is -0.137. The molecule has 0 spiro atoms. The molecule has 1 heterocycles. The summed E-state index contributed by atoms with van der Waals surface area (Å²) in [6, 6.07) is 5.02. The van der Waals surface area contributed by atoms with Crippen LogP contribution in [0.5, 0.6) is 0 Å². The van der Waals surface area contributed by atoms with Crippen molar-refractivity contribution in [1.82, 2.24) is 9.62 Å². The number of amides is 1. The van der Waals surface area contributed by atoms with Gasteiger partial charge in [-0.15, -0.1) is 0 Å². The van der Waals surface area contributed by atoms with Gasteiger partial charge in [0.25, 0.3) is 0 Å². The van der Waals surface area contributed by atoms with Crippen molar-refractivity contribution in [2.24, 2.45) is 5.92 Å². The summed E-state index contributed by atoms with van der Waals surface area (Å²) in [6.45, 7) is 4.85. The molecule has 1 saturated heterocycles. The lowest BCUT2D eigenvalue weighted by Crippen LogP contribution is -2.50. The fourth-order valence-electron chi connectivity index (χ4n) is 2.99. The van der Waals surface area contributed by atoms with E-state index >= 15 is 0 Å². The molecule has 0 unspecified atom stereocenters. The second-order valence-corrected chi connectivity index (χ2v) is 9.29. The Morgan fingerprint density at radius 2 is 1.82 bits per heavy atom. The van der Waals surface area contributed by atoms with E-state index < -0.39 is 21.8 Å². The predicted octanol–water partition coefficient (Wildman–Crippen LogP) is 2.32. The molecular formula is C18H26F3N3O3S. The molecule has 0 saturated carbocycles. The molecule has 28 heavy (non-hydrogen) atoms. The molecule has 1 aromatic rings. The summed E-state index contributed by atoms with van der Waals surface area (Å²) >= 11 is 0. The maximum absolute atomic E-state index is 12.9. The van der Waals surface area contributed by atoms with Crippen LogP contribution in [-0.4, -0.2) is 57.1 Å². The highest BCUT2D eigenvalue weighted by Crippen LogP contribution is 2.32. The lowest BCUT2D eigenvalue weighted by atomic mass is 10.1. The smallest absolute Gasteiger partial charge is 0.369 e. The number of rotatable bonds is 7. The topological polar surface area (TPSA) is 69.7 Å². The van der Waals surface area contributed by atoms with Gasteiger partial charge in [-0.3, -0.25) is 4.79 Å². The van der Waals surface area contributed by atoms with Gasteiger partial charge in [0.15, 0.2) is 0 Å². The molecule has 1 N–H and O–H groups in total. The first-order chi connectivity index (χ1) is 13.0. The highest BCUT2D eigenvalue weighted by atomic mass is 32.2. The van der Waals surface area contributed by atoms with Crippen LogP contribution >= 0.6 is 0 Å². The van der Waals surface area contributed by atoms with Crippen LogP contribution in [-0.2, 0) is 21.0 Å². The fraction of sp³-hybridized carbons (Fsp3) is 0.611. The number of hydrogen-bond donors (Lipinski definition) is 1. The molecule has 1 aromatic carbocycles. The number of piperazine rings is 1. The van der Waals surface area contributed by atoms with E-state index in [-0.39, 0.29) is 37.2 Å². The third-order valence-corrected chi connectivity index (χ3v) is 6.32. The van der Waals surface area contributed by atoms with Gasteiger partial charge in [-0.25, -0.2) is 8.42 Å². The maximum Gasteiger partial charge on any atom is 0.416 e. The van der Waals surface area contributed by atoms with Crippen LogP contribution in [0.1, 0.15) is 25.8 Å². The Labute approximate surface area is 163 Å². The van der Waals surface area contributed by atoms with E-state index in [9.17, 15) is 26.4 Å². The molecule has 0 radical (unpaired) electrons. The highest BCUT2D eigenvalue weighted by molar-refractivity contribution is 7.89. The molecule has 1 amide bonds. The van der Waals surface area contributed by atoms with Crippen molar-refractivity contribution in [2.75, 3.05) is 43.4 Å². The van der Waals surface area contributed by atoms with Crippen LogP contribution in [0, 0.1) is 5.92 Å². The number of nitrogens with one attached hydrogen (secondary N) is 1. The van der Waals surface area contributed by atoms with Crippen LogP contribution in [0.2, 0.25) is 0 Å². The second-order valence-electron chi connectivity index (χ2n) is 7.20. The molecule has 0 aliphatic carbocycles. The molecular weight excluding hydrogens is 395 g/mol. The monoisotopic (exact) mass is 421 g/mol. The van der Waals surface area contributed by atoms with Gasteiger partial charge in [-0.2, -0.15) is 17.5 Å². The quantitative estimate of drug-likeness (QED) is 0.734. The average molecular weight is 421 g/mol. The van der Waals surface area contributed by atoms with Crippen molar-refractivity contribution in [3.8, 4) is 0 Å². The molecule has 0 bridgehead atoms. The summed E-state index contributed by atoms with van der Waals surface area (Å²) in [5.74, 6) is -0.180. The number of hydrogen-bond acceptors (Lipinski definition) is 4. The van der Waals surface area contributed by atoms with Gasteiger partial charge in [-0.05, 0) is 24.1 Å². The number of benzene rings is 1. The van der Waals surface area contributed by atoms with Crippen molar-refractivity contribution < 1.29 is 26.4 Å². The van der Waals surface area contributed by atoms with Gasteiger partial charge in [0.2, 0.25) is 15.9 Å². The van der Waals surface area contributed by atoms with E-state index in [0.29, 0.717) is 25.2 Å². The third-order valence-electron chi connectivity index (χ3n) is 4.45. The Bertz CT molecular complexity index is 774. The van der Waals surface area contributed by atoms with Gasteiger partial charge >= 0.3 is 6.18 Å². The van der Waals surface area contributed by atoms with Crippen LogP contribution < -0.4 is 10.2 Å². The predicted molar refractivity (Wildman–Crippen MR) is 101 cm³/mol. The summed E-state index contributed by atoms with van der Waals surface area (Å²) in [5, 5.41) is 2.60. The zero-order valence-corrected chi connectivity index (χ0v) is 16.8. The molecule has 0 aromatic heterocycles. The first kappa shape index (κ1) is 22.5. The van der Waals surface area contributed by atoms with Crippen LogP contribution in [0.4, 0.5) is 18.9 Å². The standard InChI is InChI=1S/C18H26F3N3O3S/c1-14(2)12-17(25)22-6-11-28(26,27)24-9-7-23(8-10-24)16-5-3-4-15(13-16)18(19,20)21/h3-5,13-14H,6-12H2,1-2H3,(H,22,25). The number of sulfonamides is 1. The summed E-state index contributed by atoms with van der Waals surface area (Å²) in [4.78, 5) is 13.3. The normalized spacial score (nSPS) is 16.4. The van der Waals surface area contributed by atoms with E-state index in [1.165, 1.54) is 10.4 Å². The molecule has 1 fully saturated rings. The van der Waals surface area contributed by atoms with Gasteiger partial charge in [0.1, 0.15) is 0 Å². The minimum Gasteiger partial charge on any atom is -0.369 e. The molecule has 0 atom stereocenters. The molecule has 2 rings (SSSR count). The zero-order chi connectivity index (χ0) is 20.9. The Morgan fingerprint density at radius 1 is 1.18 bits per heavy atom. The van der Waals surface area contributed by atoms with Crippen LogP contribution in [0.15, 0.2) is 24.3 Å². The number of carbonyl (C=O) groups is 1. The maximum atomic E-state index is 12.9. The largest absolute Gasteiger partial charge is 0.416 e. The number of carbonyl (C=O) groups excluding carboxylic acids is 1. The third kappa shape index (κ3) is 6.37. The van der Waals surface area contributed by atoms with Gasteiger partial charge in [0, 0.05) is 44.8 Å². The van der Waals surface area contributed by atoms with Crippen molar-refractivity contribution >= 4 is 21.6 Å². The Hall–Kier alpha value is -1.81. The molecule has 10 heteroatoms. The van der Waals surface area contributed by atoms with E-state index in [0.717, 1.165) is 12.1 Å². The van der Waals surface area contributed by atoms with E-state index in [4.69, 9.17) is 0 Å². The molecule has 6 nitrogen and oxygen atoms in total. The first-order valence-corrected chi connectivity index (χ1v) is 10.8. The lowest BCUT2D eigenvalue weighted by Gasteiger charge is -2.35. The summed E-state index contributed by atoms with van der Waals surface area (Å²) in [7, 11) is -3.53. The highest BCUT2D eigenvalue weighted by Gasteiger charge is 2.32. The number of alkyl halides is 3. The van der Waals surface area contributed by atoms with Gasteiger partial charge in [-0.1, -0.05) is 19.9 Å². The molecule has 158 valence electrons. The Balaban J connectivity index is 1.88.